The number of aliphatic hydroxyl groups is 1. The second-order valence-electron chi connectivity index (χ2n) is 13.4. The molecule has 1 saturated heterocycles. The van der Waals surface area contributed by atoms with Gasteiger partial charge < -0.3 is 24.1 Å². The molecule has 10 atom stereocenters. The molecule has 43 heavy (non-hydrogen) atoms. The molecular weight excluding hydrogens is 552 g/mol. The molecule has 5 rings (SSSR count). The molecule has 0 spiro atoms. The van der Waals surface area contributed by atoms with Crippen LogP contribution in [0.1, 0.15) is 72.2 Å². The third-order valence-corrected chi connectivity index (χ3v) is 10.3. The summed E-state index contributed by atoms with van der Waals surface area (Å²) in [6, 6.07) is 8.58. The Kier molecular flexibility index (Phi) is 7.75. The number of epoxide rings is 1. The number of hydrogen-bond donors (Lipinski definition) is 1. The molecule has 1 aliphatic heterocycles. The van der Waals surface area contributed by atoms with Crippen LogP contribution in [0.4, 0.5) is 0 Å². The lowest BCUT2D eigenvalue weighted by Crippen LogP contribution is -2.43. The molecule has 2 saturated carbocycles. The normalized spacial score (nSPS) is 40.8. The molecular formula is C34H42O9. The van der Waals surface area contributed by atoms with Crippen molar-refractivity contribution in [2.24, 2.45) is 29.1 Å². The average molecular weight is 595 g/mol. The molecule has 4 aliphatic rings. The van der Waals surface area contributed by atoms with Crippen LogP contribution in [-0.2, 0) is 33.3 Å². The molecule has 1 heterocycles. The number of carbonyl (C=O) groups is 4. The summed E-state index contributed by atoms with van der Waals surface area (Å²) in [6.07, 6.45) is -0.327. The quantitative estimate of drug-likeness (QED) is 0.174. The van der Waals surface area contributed by atoms with E-state index in [9.17, 15) is 24.3 Å². The van der Waals surface area contributed by atoms with Crippen molar-refractivity contribution in [3.05, 3.63) is 59.2 Å². The number of ketones is 1. The SMILES string of the molecule is C/C=C(\C)C(=O)O[C@H]1[C@H]2[C@@H]([C@H](OC(C)=O)[C@@H](C)C(=O)[C@@]34C[C@@H](C)[C@H](OC(=O)c5ccccc5)[C@]3(/C=C(/C)[C@H]1O)O4)C2(C)C. The third-order valence-electron chi connectivity index (χ3n) is 10.3. The molecule has 1 aromatic carbocycles. The maximum atomic E-state index is 14.5. The van der Waals surface area contributed by atoms with Gasteiger partial charge in [-0.3, -0.25) is 9.59 Å². The fraction of sp³-hybridized carbons (Fsp3) is 0.588. The number of Topliss-reactive ketones (excluding diaryl/α,β-unsaturated/α-hetero) is 1. The van der Waals surface area contributed by atoms with Gasteiger partial charge in [0.1, 0.15) is 24.4 Å². The minimum Gasteiger partial charge on any atom is -0.461 e. The largest absolute Gasteiger partial charge is 0.461 e. The number of rotatable bonds is 5. The molecule has 1 aromatic rings. The van der Waals surface area contributed by atoms with Crippen molar-refractivity contribution >= 4 is 23.7 Å². The molecule has 3 fully saturated rings. The Morgan fingerprint density at radius 2 is 1.63 bits per heavy atom. The van der Waals surface area contributed by atoms with E-state index < -0.39 is 70.8 Å². The van der Waals surface area contributed by atoms with E-state index in [1.807, 2.05) is 20.8 Å². The monoisotopic (exact) mass is 594 g/mol. The second kappa shape index (κ2) is 10.7. The lowest BCUT2D eigenvalue weighted by atomic mass is 9.80. The summed E-state index contributed by atoms with van der Waals surface area (Å²) in [6.45, 7) is 13.9. The first-order valence-corrected chi connectivity index (χ1v) is 15.0. The summed E-state index contributed by atoms with van der Waals surface area (Å²) in [4.78, 5) is 53.1. The molecule has 0 bridgehead atoms. The minimum absolute atomic E-state index is 0.246. The zero-order valence-electron chi connectivity index (χ0n) is 26.1. The number of ether oxygens (including phenoxy) is 4. The van der Waals surface area contributed by atoms with Crippen molar-refractivity contribution < 1.29 is 43.2 Å². The Labute approximate surface area is 252 Å². The Hall–Kier alpha value is -3.30. The summed E-state index contributed by atoms with van der Waals surface area (Å²) < 4.78 is 24.3. The van der Waals surface area contributed by atoms with Crippen LogP contribution < -0.4 is 0 Å². The smallest absolute Gasteiger partial charge is 0.338 e. The minimum atomic E-state index is -1.34. The van der Waals surface area contributed by atoms with Gasteiger partial charge in [0, 0.05) is 24.3 Å². The van der Waals surface area contributed by atoms with Crippen LogP contribution in [0, 0.1) is 29.1 Å². The fourth-order valence-electron chi connectivity index (χ4n) is 7.79. The maximum Gasteiger partial charge on any atom is 0.338 e. The number of esters is 3. The molecule has 0 amide bonds. The molecule has 0 aromatic heterocycles. The third kappa shape index (κ3) is 4.85. The Balaban J connectivity index is 1.62. The van der Waals surface area contributed by atoms with Gasteiger partial charge in [-0.05, 0) is 62.3 Å². The van der Waals surface area contributed by atoms with E-state index in [4.69, 9.17) is 18.9 Å². The van der Waals surface area contributed by atoms with Crippen LogP contribution in [0.2, 0.25) is 0 Å². The highest BCUT2D eigenvalue weighted by Crippen LogP contribution is 2.68. The van der Waals surface area contributed by atoms with E-state index in [1.165, 1.54) is 6.92 Å². The number of aliphatic hydroxyl groups excluding tert-OH is 1. The summed E-state index contributed by atoms with van der Waals surface area (Å²) >= 11 is 0. The molecule has 9 nitrogen and oxygen atoms in total. The van der Waals surface area contributed by atoms with Crippen LogP contribution in [0.25, 0.3) is 0 Å². The summed E-state index contributed by atoms with van der Waals surface area (Å²) in [7, 11) is 0. The van der Waals surface area contributed by atoms with Crippen molar-refractivity contribution in [3.8, 4) is 0 Å². The van der Waals surface area contributed by atoms with Gasteiger partial charge in [0.05, 0.1) is 11.5 Å². The standard InChI is InChI=1S/C34H42O9/c1-9-17(2)30(38)41-27-24-23(32(24,7)8)26(40-21(6)35)20(5)28(37)33-16-19(4)29(34(33,43-33)15-18(3)25(27)36)42-31(39)22-13-11-10-12-14-22/h9-15,19-20,23-27,29,36H,16H2,1-8H3/b17-9+,18-15-/t19-,20-,23+,24-,25-,26-,27+,29+,33+,34+/m1/s1. The van der Waals surface area contributed by atoms with Gasteiger partial charge in [-0.1, -0.05) is 52.0 Å². The zero-order valence-corrected chi connectivity index (χ0v) is 26.1. The van der Waals surface area contributed by atoms with E-state index in [0.29, 0.717) is 16.7 Å². The van der Waals surface area contributed by atoms with E-state index in [1.54, 1.807) is 70.2 Å². The maximum absolute atomic E-state index is 14.5. The highest BCUT2D eigenvalue weighted by atomic mass is 16.7. The Bertz CT molecular complexity index is 1390. The number of benzene rings is 1. The lowest BCUT2D eigenvalue weighted by Gasteiger charge is -2.28. The van der Waals surface area contributed by atoms with Crippen LogP contribution in [0.3, 0.4) is 0 Å². The van der Waals surface area contributed by atoms with Gasteiger partial charge in [-0.25, -0.2) is 9.59 Å². The summed E-state index contributed by atoms with van der Waals surface area (Å²) in [5.41, 5.74) is -2.02. The first kappa shape index (κ1) is 31.1. The van der Waals surface area contributed by atoms with Crippen molar-refractivity contribution in [2.75, 3.05) is 0 Å². The highest BCUT2D eigenvalue weighted by molar-refractivity contribution is 5.96. The first-order chi connectivity index (χ1) is 20.1. The molecule has 9 heteroatoms. The topological polar surface area (TPSA) is 129 Å². The summed E-state index contributed by atoms with van der Waals surface area (Å²) in [5, 5.41) is 11.8. The summed E-state index contributed by atoms with van der Waals surface area (Å²) in [5.74, 6) is -3.73. The van der Waals surface area contributed by atoms with Crippen molar-refractivity contribution in [1.29, 1.82) is 0 Å². The Morgan fingerprint density at radius 1 is 1.00 bits per heavy atom. The molecule has 3 aliphatic carbocycles. The predicted molar refractivity (Wildman–Crippen MR) is 156 cm³/mol. The number of hydrogen-bond acceptors (Lipinski definition) is 9. The molecule has 1 N–H and O–H groups in total. The van der Waals surface area contributed by atoms with Gasteiger partial charge in [0.2, 0.25) is 0 Å². The lowest BCUT2D eigenvalue weighted by molar-refractivity contribution is -0.157. The van der Waals surface area contributed by atoms with Crippen molar-refractivity contribution in [2.45, 2.75) is 97.4 Å². The van der Waals surface area contributed by atoms with Gasteiger partial charge in [0.25, 0.3) is 0 Å². The predicted octanol–water partition coefficient (Wildman–Crippen LogP) is 4.37. The average Bonchev–Trinajstić information content (AvgIpc) is 3.76. The number of allylic oxidation sites excluding steroid dienone is 1. The molecule has 0 radical (unpaired) electrons. The molecule has 232 valence electrons. The van der Waals surface area contributed by atoms with Crippen LogP contribution >= 0.6 is 0 Å². The van der Waals surface area contributed by atoms with E-state index in [2.05, 4.69) is 0 Å². The van der Waals surface area contributed by atoms with Crippen molar-refractivity contribution in [1.82, 2.24) is 0 Å². The number of carbonyl (C=O) groups excluding carboxylic acids is 4. The highest BCUT2D eigenvalue weighted by Gasteiger charge is 2.84. The first-order valence-electron chi connectivity index (χ1n) is 15.0. The van der Waals surface area contributed by atoms with E-state index in [0.717, 1.165) is 0 Å². The van der Waals surface area contributed by atoms with E-state index >= 15 is 0 Å². The number of fused-ring (bicyclic) bond motifs is 1. The Morgan fingerprint density at radius 3 is 2.23 bits per heavy atom. The van der Waals surface area contributed by atoms with Crippen LogP contribution in [-0.4, -0.2) is 64.4 Å². The fourth-order valence-corrected chi connectivity index (χ4v) is 7.79. The van der Waals surface area contributed by atoms with Gasteiger partial charge >= 0.3 is 17.9 Å². The van der Waals surface area contributed by atoms with Gasteiger partial charge in [-0.2, -0.15) is 0 Å². The van der Waals surface area contributed by atoms with Gasteiger partial charge in [0.15, 0.2) is 17.0 Å². The van der Waals surface area contributed by atoms with Gasteiger partial charge in [-0.15, -0.1) is 0 Å². The van der Waals surface area contributed by atoms with Crippen LogP contribution in [0.15, 0.2) is 53.6 Å². The second-order valence-corrected chi connectivity index (χ2v) is 13.4. The molecule has 0 unspecified atom stereocenters. The van der Waals surface area contributed by atoms with Crippen LogP contribution in [0.5, 0.6) is 0 Å². The van der Waals surface area contributed by atoms with Crippen molar-refractivity contribution in [3.63, 3.8) is 0 Å². The van der Waals surface area contributed by atoms with E-state index in [-0.39, 0.29) is 24.0 Å². The zero-order chi connectivity index (χ0) is 31.6.